The molecule has 0 radical (unpaired) electrons. The third kappa shape index (κ3) is 5.17. The molecular formula is C20H20ClFN4. The second-order valence-electron chi connectivity index (χ2n) is 5.93. The molecule has 1 heterocycles. The van der Waals surface area contributed by atoms with Gasteiger partial charge < -0.3 is 10.6 Å². The molecule has 0 saturated carbocycles. The van der Waals surface area contributed by atoms with Crippen LogP contribution >= 0.6 is 11.6 Å². The number of aromatic nitrogens is 2. The van der Waals surface area contributed by atoms with Gasteiger partial charge in [-0.1, -0.05) is 41.9 Å². The fourth-order valence-corrected chi connectivity index (χ4v) is 2.69. The van der Waals surface area contributed by atoms with Crippen LogP contribution in [-0.2, 0) is 13.0 Å². The van der Waals surface area contributed by atoms with Crippen molar-refractivity contribution in [1.29, 1.82) is 0 Å². The summed E-state index contributed by atoms with van der Waals surface area (Å²) >= 11 is 5.90. The molecule has 0 aliphatic rings. The van der Waals surface area contributed by atoms with Crippen LogP contribution in [0.3, 0.4) is 0 Å². The summed E-state index contributed by atoms with van der Waals surface area (Å²) in [4.78, 5) is 8.75. The summed E-state index contributed by atoms with van der Waals surface area (Å²) in [5.41, 5.74) is 1.80. The molecule has 0 amide bonds. The molecule has 6 heteroatoms. The molecule has 1 aromatic heterocycles. The van der Waals surface area contributed by atoms with Gasteiger partial charge in [0.1, 0.15) is 23.3 Å². The number of hydrogen-bond donors (Lipinski definition) is 2. The van der Waals surface area contributed by atoms with Gasteiger partial charge in [-0.05, 0) is 37.1 Å². The minimum absolute atomic E-state index is 0.230. The van der Waals surface area contributed by atoms with Crippen LogP contribution < -0.4 is 10.6 Å². The number of aryl methyl sites for hydroxylation is 1. The molecule has 4 nitrogen and oxygen atoms in total. The Morgan fingerprint density at radius 1 is 0.962 bits per heavy atom. The lowest BCUT2D eigenvalue weighted by Crippen LogP contribution is -2.10. The normalized spacial score (nSPS) is 10.6. The minimum Gasteiger partial charge on any atom is -0.370 e. The molecule has 0 aliphatic heterocycles. The van der Waals surface area contributed by atoms with Crippen molar-refractivity contribution in [2.24, 2.45) is 0 Å². The molecular weight excluding hydrogens is 351 g/mol. The van der Waals surface area contributed by atoms with E-state index in [1.165, 1.54) is 11.6 Å². The van der Waals surface area contributed by atoms with Gasteiger partial charge in [-0.25, -0.2) is 14.4 Å². The van der Waals surface area contributed by atoms with Crippen LogP contribution in [0, 0.1) is 12.7 Å². The molecule has 0 saturated heterocycles. The zero-order valence-electron chi connectivity index (χ0n) is 14.5. The van der Waals surface area contributed by atoms with Gasteiger partial charge in [0.15, 0.2) is 0 Å². The van der Waals surface area contributed by atoms with Crippen molar-refractivity contribution in [3.63, 3.8) is 0 Å². The van der Waals surface area contributed by atoms with Crippen molar-refractivity contribution in [2.75, 3.05) is 17.2 Å². The zero-order chi connectivity index (χ0) is 18.4. The van der Waals surface area contributed by atoms with Gasteiger partial charge in [-0.3, -0.25) is 0 Å². The van der Waals surface area contributed by atoms with Gasteiger partial charge in [0, 0.05) is 29.7 Å². The summed E-state index contributed by atoms with van der Waals surface area (Å²) in [5, 5.41) is 7.19. The Bertz CT molecular complexity index is 868. The van der Waals surface area contributed by atoms with Gasteiger partial charge in [-0.2, -0.15) is 0 Å². The average Bonchev–Trinajstić information content (AvgIpc) is 2.62. The summed E-state index contributed by atoms with van der Waals surface area (Å²) < 4.78 is 13.7. The number of anilines is 2. The molecule has 2 N–H and O–H groups in total. The van der Waals surface area contributed by atoms with Crippen molar-refractivity contribution >= 4 is 23.2 Å². The molecule has 134 valence electrons. The second kappa shape index (κ2) is 8.63. The zero-order valence-corrected chi connectivity index (χ0v) is 15.2. The highest BCUT2D eigenvalue weighted by Crippen LogP contribution is 2.15. The number of nitrogens with one attached hydrogen (secondary N) is 2. The van der Waals surface area contributed by atoms with Crippen molar-refractivity contribution in [1.82, 2.24) is 9.97 Å². The Kier molecular flexibility index (Phi) is 6.02. The van der Waals surface area contributed by atoms with Crippen LogP contribution in [0.5, 0.6) is 0 Å². The van der Waals surface area contributed by atoms with Crippen LogP contribution in [0.1, 0.15) is 17.0 Å². The lowest BCUT2D eigenvalue weighted by Gasteiger charge is -2.11. The first-order valence-electron chi connectivity index (χ1n) is 8.41. The highest BCUT2D eigenvalue weighted by atomic mass is 35.5. The summed E-state index contributed by atoms with van der Waals surface area (Å²) in [6.07, 6.45) is 0.859. The van der Waals surface area contributed by atoms with E-state index in [4.69, 9.17) is 11.6 Å². The first kappa shape index (κ1) is 18.1. The first-order valence-corrected chi connectivity index (χ1v) is 8.79. The number of halogens is 2. The fourth-order valence-electron chi connectivity index (χ4n) is 2.56. The van der Waals surface area contributed by atoms with Gasteiger partial charge in [0.25, 0.3) is 0 Å². The lowest BCUT2D eigenvalue weighted by atomic mass is 10.1. The largest absolute Gasteiger partial charge is 0.370 e. The number of nitrogens with zero attached hydrogens (tertiary/aromatic N) is 2. The molecule has 0 aliphatic carbocycles. The maximum atomic E-state index is 13.7. The quantitative estimate of drug-likeness (QED) is 0.624. The highest BCUT2D eigenvalue weighted by Gasteiger charge is 2.04. The standard InChI is InChI=1S/C20H20ClFN4/c1-14-25-19(23-11-10-15-6-8-17(21)9-7-15)12-20(26-14)24-13-16-4-2-3-5-18(16)22/h2-9,12H,10-11,13H2,1H3,(H2,23,24,25,26). The average molecular weight is 371 g/mol. The Morgan fingerprint density at radius 2 is 1.65 bits per heavy atom. The fraction of sp³-hybridized carbons (Fsp3) is 0.200. The van der Waals surface area contributed by atoms with E-state index in [2.05, 4.69) is 20.6 Å². The number of rotatable bonds is 7. The van der Waals surface area contributed by atoms with E-state index in [9.17, 15) is 4.39 Å². The summed E-state index contributed by atoms with van der Waals surface area (Å²) in [7, 11) is 0. The Hall–Kier alpha value is -2.66. The summed E-state index contributed by atoms with van der Waals surface area (Å²) in [6.45, 7) is 2.94. The Balaban J connectivity index is 1.58. The highest BCUT2D eigenvalue weighted by molar-refractivity contribution is 6.30. The third-order valence-electron chi connectivity index (χ3n) is 3.89. The van der Waals surface area contributed by atoms with E-state index in [-0.39, 0.29) is 5.82 Å². The van der Waals surface area contributed by atoms with Gasteiger partial charge in [0.05, 0.1) is 0 Å². The van der Waals surface area contributed by atoms with Crippen LogP contribution in [0.25, 0.3) is 0 Å². The van der Waals surface area contributed by atoms with E-state index in [1.54, 1.807) is 12.1 Å². The van der Waals surface area contributed by atoms with E-state index >= 15 is 0 Å². The maximum absolute atomic E-state index is 13.7. The van der Waals surface area contributed by atoms with Crippen LogP contribution in [-0.4, -0.2) is 16.5 Å². The van der Waals surface area contributed by atoms with E-state index < -0.39 is 0 Å². The van der Waals surface area contributed by atoms with Gasteiger partial charge in [0.2, 0.25) is 0 Å². The predicted molar refractivity (Wildman–Crippen MR) is 104 cm³/mol. The van der Waals surface area contributed by atoms with E-state index in [0.29, 0.717) is 23.8 Å². The van der Waals surface area contributed by atoms with Gasteiger partial charge >= 0.3 is 0 Å². The Labute approximate surface area is 157 Å². The molecule has 3 aromatic rings. The van der Waals surface area contributed by atoms with E-state index in [0.717, 1.165) is 23.8 Å². The summed E-state index contributed by atoms with van der Waals surface area (Å²) in [6, 6.07) is 16.3. The molecule has 0 fully saturated rings. The number of hydrogen-bond acceptors (Lipinski definition) is 4. The molecule has 0 spiro atoms. The van der Waals surface area contributed by atoms with Gasteiger partial charge in [-0.15, -0.1) is 0 Å². The van der Waals surface area contributed by atoms with Crippen LogP contribution in [0.4, 0.5) is 16.0 Å². The molecule has 2 aromatic carbocycles. The molecule has 0 bridgehead atoms. The Morgan fingerprint density at radius 3 is 2.38 bits per heavy atom. The molecule has 3 rings (SSSR count). The van der Waals surface area contributed by atoms with Crippen molar-refractivity contribution in [2.45, 2.75) is 19.9 Å². The lowest BCUT2D eigenvalue weighted by molar-refractivity contribution is 0.613. The molecule has 0 unspecified atom stereocenters. The van der Waals surface area contributed by atoms with E-state index in [1.807, 2.05) is 43.3 Å². The van der Waals surface area contributed by atoms with Crippen molar-refractivity contribution in [3.8, 4) is 0 Å². The predicted octanol–water partition coefficient (Wildman–Crippen LogP) is 4.84. The van der Waals surface area contributed by atoms with Crippen LogP contribution in [0.2, 0.25) is 5.02 Å². The minimum atomic E-state index is -0.230. The van der Waals surface area contributed by atoms with Crippen molar-refractivity contribution in [3.05, 3.63) is 82.4 Å². The summed E-state index contributed by atoms with van der Waals surface area (Å²) in [5.74, 6) is 1.82. The second-order valence-corrected chi connectivity index (χ2v) is 6.37. The van der Waals surface area contributed by atoms with Crippen molar-refractivity contribution < 1.29 is 4.39 Å². The van der Waals surface area contributed by atoms with Crippen LogP contribution in [0.15, 0.2) is 54.6 Å². The topological polar surface area (TPSA) is 49.8 Å². The maximum Gasteiger partial charge on any atom is 0.132 e. The number of benzene rings is 2. The third-order valence-corrected chi connectivity index (χ3v) is 4.14. The molecule has 0 atom stereocenters. The first-order chi connectivity index (χ1) is 12.6. The smallest absolute Gasteiger partial charge is 0.132 e. The SMILES string of the molecule is Cc1nc(NCCc2ccc(Cl)cc2)cc(NCc2ccccc2F)n1. The molecule has 26 heavy (non-hydrogen) atoms. The monoisotopic (exact) mass is 370 g/mol.